The van der Waals surface area contributed by atoms with Crippen LogP contribution in [0.15, 0.2) is 24.3 Å². The van der Waals surface area contributed by atoms with Crippen LogP contribution in [-0.4, -0.2) is 62.5 Å². The molecule has 0 aromatic heterocycles. The molecule has 0 spiro atoms. The van der Waals surface area contributed by atoms with Gasteiger partial charge in [0.15, 0.2) is 9.84 Å². The van der Waals surface area contributed by atoms with Crippen LogP contribution in [0.2, 0.25) is 0 Å². The lowest BCUT2D eigenvalue weighted by Gasteiger charge is -2.46. The molecule has 27 heavy (non-hydrogen) atoms. The van der Waals surface area contributed by atoms with Gasteiger partial charge in [0.25, 0.3) is 0 Å². The molecule has 3 aliphatic rings. The summed E-state index contributed by atoms with van der Waals surface area (Å²) >= 11 is 0. The summed E-state index contributed by atoms with van der Waals surface area (Å²) in [6.07, 6.45) is 6.95. The van der Waals surface area contributed by atoms with Crippen molar-refractivity contribution in [3.05, 3.63) is 24.3 Å². The Kier molecular flexibility index (Phi) is 5.16. The number of ether oxygens (including phenoxy) is 1. The first kappa shape index (κ1) is 18.7. The average molecular weight is 393 g/mol. The molecule has 2 saturated heterocycles. The molecule has 0 radical (unpaired) electrons. The van der Waals surface area contributed by atoms with Gasteiger partial charge in [-0.1, -0.05) is 25.7 Å². The highest BCUT2D eigenvalue weighted by molar-refractivity contribution is 7.91. The minimum absolute atomic E-state index is 0.00256. The number of methoxy groups -OCH3 is 1. The molecule has 3 fully saturated rings. The zero-order valence-electron chi connectivity index (χ0n) is 15.8. The topological polar surface area (TPSA) is 66.9 Å². The number of carbonyl (C=O) groups excluding carboxylic acids is 1. The Morgan fingerprint density at radius 3 is 2.22 bits per heavy atom. The maximum absolute atomic E-state index is 13.1. The summed E-state index contributed by atoms with van der Waals surface area (Å²) in [4.78, 5) is 17.0. The van der Waals surface area contributed by atoms with Gasteiger partial charge in [-0.05, 0) is 37.1 Å². The Bertz CT molecular complexity index is 785. The number of hydrogen-bond donors (Lipinski definition) is 0. The summed E-state index contributed by atoms with van der Waals surface area (Å²) in [5.41, 5.74) is 0.758. The molecule has 1 aromatic carbocycles. The first-order valence-corrected chi connectivity index (χ1v) is 11.7. The Morgan fingerprint density at radius 2 is 1.59 bits per heavy atom. The second kappa shape index (κ2) is 7.43. The number of rotatable bonds is 3. The van der Waals surface area contributed by atoms with E-state index in [1.807, 2.05) is 24.3 Å². The summed E-state index contributed by atoms with van der Waals surface area (Å²) in [6.45, 7) is 0.313. The van der Waals surface area contributed by atoms with Crippen LogP contribution in [0.3, 0.4) is 0 Å². The molecule has 4 rings (SSSR count). The van der Waals surface area contributed by atoms with E-state index in [4.69, 9.17) is 4.74 Å². The van der Waals surface area contributed by atoms with Crippen molar-refractivity contribution in [2.24, 2.45) is 0 Å². The third-order valence-electron chi connectivity index (χ3n) is 6.28. The van der Waals surface area contributed by atoms with E-state index in [1.165, 1.54) is 25.7 Å². The van der Waals surface area contributed by atoms with Gasteiger partial charge in [-0.3, -0.25) is 9.69 Å². The van der Waals surface area contributed by atoms with Crippen LogP contribution in [0.25, 0.3) is 0 Å². The highest BCUT2D eigenvalue weighted by Gasteiger charge is 2.51. The van der Waals surface area contributed by atoms with Crippen molar-refractivity contribution in [2.45, 2.75) is 56.7 Å². The van der Waals surface area contributed by atoms with Crippen molar-refractivity contribution in [1.82, 2.24) is 4.90 Å². The summed E-state index contributed by atoms with van der Waals surface area (Å²) < 4.78 is 30.2. The minimum Gasteiger partial charge on any atom is -0.497 e. The second-order valence-electron chi connectivity index (χ2n) is 7.99. The lowest BCUT2D eigenvalue weighted by atomic mass is 9.97. The fraction of sp³-hybridized carbons (Fsp3) is 0.650. The standard InChI is InChI=1S/C20H28N2O4S/c1-26-17-10-8-16(9-11-17)22-19-14-27(24,25)13-18(19)21(12-20(22)23)15-6-4-2-3-5-7-15/h8-11,15,18-19H,2-7,12-14H2,1H3/t18-,19+/m0/s1. The Balaban J connectivity index is 1.65. The van der Waals surface area contributed by atoms with E-state index < -0.39 is 9.84 Å². The van der Waals surface area contributed by atoms with Gasteiger partial charge in [-0.25, -0.2) is 8.42 Å². The number of fused-ring (bicyclic) bond motifs is 1. The van der Waals surface area contributed by atoms with E-state index in [1.54, 1.807) is 12.0 Å². The van der Waals surface area contributed by atoms with E-state index in [-0.39, 0.29) is 29.5 Å². The number of hydrogen-bond acceptors (Lipinski definition) is 5. The fourth-order valence-corrected chi connectivity index (χ4v) is 6.94. The zero-order valence-corrected chi connectivity index (χ0v) is 16.7. The van der Waals surface area contributed by atoms with E-state index in [0.29, 0.717) is 12.6 Å². The number of anilines is 1. The van der Waals surface area contributed by atoms with Gasteiger partial charge in [0, 0.05) is 17.8 Å². The first-order valence-electron chi connectivity index (χ1n) is 9.91. The van der Waals surface area contributed by atoms with Gasteiger partial charge in [-0.15, -0.1) is 0 Å². The Hall–Kier alpha value is -1.60. The van der Waals surface area contributed by atoms with Crippen LogP contribution >= 0.6 is 0 Å². The molecule has 1 amide bonds. The third-order valence-corrected chi connectivity index (χ3v) is 7.98. The van der Waals surface area contributed by atoms with Crippen molar-refractivity contribution in [3.63, 3.8) is 0 Å². The number of sulfone groups is 1. The smallest absolute Gasteiger partial charge is 0.241 e. The molecule has 0 bridgehead atoms. The monoisotopic (exact) mass is 392 g/mol. The van der Waals surface area contributed by atoms with Crippen LogP contribution in [-0.2, 0) is 14.6 Å². The van der Waals surface area contributed by atoms with Gasteiger partial charge in [0.2, 0.25) is 5.91 Å². The van der Waals surface area contributed by atoms with E-state index in [9.17, 15) is 13.2 Å². The number of amides is 1. The second-order valence-corrected chi connectivity index (χ2v) is 10.1. The molecular formula is C20H28N2O4S. The predicted molar refractivity (Wildman–Crippen MR) is 105 cm³/mol. The maximum Gasteiger partial charge on any atom is 0.241 e. The number of piperazine rings is 1. The van der Waals surface area contributed by atoms with Crippen molar-refractivity contribution < 1.29 is 17.9 Å². The molecule has 2 atom stereocenters. The normalized spacial score (nSPS) is 29.4. The molecule has 2 heterocycles. The average Bonchev–Trinajstić information content (AvgIpc) is 2.82. The molecule has 7 heteroatoms. The molecule has 0 N–H and O–H groups in total. The molecule has 6 nitrogen and oxygen atoms in total. The molecule has 2 aliphatic heterocycles. The zero-order chi connectivity index (χ0) is 19.0. The maximum atomic E-state index is 13.1. The fourth-order valence-electron chi connectivity index (χ4n) is 4.98. The lowest BCUT2D eigenvalue weighted by molar-refractivity contribution is -0.124. The molecule has 1 aromatic rings. The molecule has 0 unspecified atom stereocenters. The van der Waals surface area contributed by atoms with Crippen LogP contribution < -0.4 is 9.64 Å². The largest absolute Gasteiger partial charge is 0.497 e. The van der Waals surface area contributed by atoms with Crippen molar-refractivity contribution in [1.29, 1.82) is 0 Å². The molecule has 1 aliphatic carbocycles. The van der Waals surface area contributed by atoms with Gasteiger partial charge in [0.1, 0.15) is 5.75 Å². The highest BCUT2D eigenvalue weighted by Crippen LogP contribution is 2.35. The quantitative estimate of drug-likeness (QED) is 0.738. The first-order chi connectivity index (χ1) is 13.0. The van der Waals surface area contributed by atoms with Crippen LogP contribution in [0.1, 0.15) is 38.5 Å². The number of carbonyl (C=O) groups is 1. The molecule has 148 valence electrons. The van der Waals surface area contributed by atoms with E-state index in [2.05, 4.69) is 4.90 Å². The summed E-state index contributed by atoms with van der Waals surface area (Å²) in [5, 5.41) is 0. The number of nitrogens with zero attached hydrogens (tertiary/aromatic N) is 2. The van der Waals surface area contributed by atoms with Crippen LogP contribution in [0.4, 0.5) is 5.69 Å². The van der Waals surface area contributed by atoms with Gasteiger partial charge >= 0.3 is 0 Å². The van der Waals surface area contributed by atoms with E-state index in [0.717, 1.165) is 24.3 Å². The Labute approximate surface area is 161 Å². The van der Waals surface area contributed by atoms with Gasteiger partial charge in [-0.2, -0.15) is 0 Å². The van der Waals surface area contributed by atoms with Crippen LogP contribution in [0.5, 0.6) is 5.75 Å². The summed E-state index contributed by atoms with van der Waals surface area (Å²) in [5.74, 6) is 0.939. The van der Waals surface area contributed by atoms with Crippen LogP contribution in [0, 0.1) is 0 Å². The predicted octanol–water partition coefficient (Wildman–Crippen LogP) is 2.23. The summed E-state index contributed by atoms with van der Waals surface area (Å²) in [7, 11) is -1.54. The molecule has 1 saturated carbocycles. The SMILES string of the molecule is COc1ccc(N2C(=O)CN(C3CCCCCC3)[C@H]3CS(=O)(=O)C[C@H]32)cc1. The van der Waals surface area contributed by atoms with Crippen molar-refractivity contribution in [2.75, 3.05) is 30.1 Å². The van der Waals surface area contributed by atoms with Crippen molar-refractivity contribution in [3.8, 4) is 5.75 Å². The van der Waals surface area contributed by atoms with Crippen molar-refractivity contribution >= 4 is 21.4 Å². The third kappa shape index (κ3) is 3.72. The van der Waals surface area contributed by atoms with E-state index >= 15 is 0 Å². The van der Waals surface area contributed by atoms with Gasteiger partial charge < -0.3 is 9.64 Å². The Morgan fingerprint density at radius 1 is 0.963 bits per heavy atom. The lowest BCUT2D eigenvalue weighted by Crippen LogP contribution is -2.64. The van der Waals surface area contributed by atoms with Gasteiger partial charge in [0.05, 0.1) is 31.2 Å². The highest BCUT2D eigenvalue weighted by atomic mass is 32.2. The minimum atomic E-state index is -3.15. The summed E-state index contributed by atoms with van der Waals surface area (Å²) in [6, 6.07) is 7.26. The number of benzene rings is 1. The molecular weight excluding hydrogens is 364 g/mol.